The predicted octanol–water partition coefficient (Wildman–Crippen LogP) is 2.43. The summed E-state index contributed by atoms with van der Waals surface area (Å²) in [6.45, 7) is 9.41. The summed E-state index contributed by atoms with van der Waals surface area (Å²) in [4.78, 5) is 13.8. The molecule has 1 atom stereocenters. The van der Waals surface area contributed by atoms with E-state index < -0.39 is 0 Å². The Morgan fingerprint density at radius 2 is 2.00 bits per heavy atom. The molecule has 3 nitrogen and oxygen atoms in total. The van der Waals surface area contributed by atoms with Gasteiger partial charge >= 0.3 is 0 Å². The first-order valence-corrected chi connectivity index (χ1v) is 6.13. The minimum absolute atomic E-state index is 0.0293. The molecular weight excluding hydrogens is 200 g/mol. The summed E-state index contributed by atoms with van der Waals surface area (Å²) in [6, 6.07) is 2.45. The predicted molar refractivity (Wildman–Crippen MR) is 63.5 cm³/mol. The fraction of sp³-hybridized carbons (Fsp3) is 0.846. The maximum absolute atomic E-state index is 11.9. The van der Waals surface area contributed by atoms with Crippen LogP contribution in [0.4, 0.5) is 0 Å². The summed E-state index contributed by atoms with van der Waals surface area (Å²) in [6.07, 6.45) is 1.87. The molecule has 0 unspecified atom stereocenters. The van der Waals surface area contributed by atoms with E-state index in [2.05, 4.69) is 19.9 Å². The topological polar surface area (TPSA) is 44.1 Å². The molecule has 1 aliphatic rings. The molecule has 0 N–H and O–H groups in total. The molecule has 1 aliphatic heterocycles. The number of rotatable bonds is 2. The maximum atomic E-state index is 11.9. The van der Waals surface area contributed by atoms with Crippen LogP contribution in [-0.2, 0) is 4.79 Å². The molecule has 1 heterocycles. The maximum Gasteiger partial charge on any atom is 0.225 e. The number of piperidine rings is 1. The Bertz CT molecular complexity index is 304. The van der Waals surface area contributed by atoms with Gasteiger partial charge in [-0.3, -0.25) is 4.79 Å². The van der Waals surface area contributed by atoms with Crippen molar-refractivity contribution in [2.24, 2.45) is 17.3 Å². The van der Waals surface area contributed by atoms with Crippen molar-refractivity contribution in [3.63, 3.8) is 0 Å². The molecule has 0 spiro atoms. The van der Waals surface area contributed by atoms with Gasteiger partial charge in [0.1, 0.15) is 0 Å². The molecule has 0 radical (unpaired) electrons. The lowest BCUT2D eigenvalue weighted by molar-refractivity contribution is -0.137. The zero-order chi connectivity index (χ0) is 12.3. The van der Waals surface area contributed by atoms with Gasteiger partial charge in [0.05, 0.1) is 11.5 Å². The van der Waals surface area contributed by atoms with Crippen molar-refractivity contribution < 1.29 is 4.79 Å². The summed E-state index contributed by atoms with van der Waals surface area (Å²) < 4.78 is 0. The van der Waals surface area contributed by atoms with Crippen LogP contribution in [-0.4, -0.2) is 23.9 Å². The summed E-state index contributed by atoms with van der Waals surface area (Å²) in [5.41, 5.74) is -0.331. The zero-order valence-corrected chi connectivity index (χ0v) is 10.8. The van der Waals surface area contributed by atoms with Gasteiger partial charge in [0.25, 0.3) is 0 Å². The van der Waals surface area contributed by atoms with Crippen LogP contribution in [0, 0.1) is 28.6 Å². The van der Waals surface area contributed by atoms with Gasteiger partial charge in [0, 0.05) is 19.0 Å². The lowest BCUT2D eigenvalue weighted by atomic mass is 9.72. The third-order valence-electron chi connectivity index (χ3n) is 3.66. The molecular formula is C13H22N2O. The van der Waals surface area contributed by atoms with Gasteiger partial charge in [-0.15, -0.1) is 0 Å². The highest BCUT2D eigenvalue weighted by atomic mass is 16.2. The van der Waals surface area contributed by atoms with Crippen LogP contribution in [0.3, 0.4) is 0 Å². The van der Waals surface area contributed by atoms with Crippen molar-refractivity contribution in [2.45, 2.75) is 40.5 Å². The molecule has 0 aliphatic carbocycles. The first kappa shape index (κ1) is 13.0. The van der Waals surface area contributed by atoms with E-state index in [9.17, 15) is 10.1 Å². The van der Waals surface area contributed by atoms with Crippen LogP contribution >= 0.6 is 0 Å². The highest BCUT2D eigenvalue weighted by Crippen LogP contribution is 2.36. The van der Waals surface area contributed by atoms with E-state index in [0.29, 0.717) is 12.5 Å². The van der Waals surface area contributed by atoms with Gasteiger partial charge in [-0.1, -0.05) is 27.7 Å². The Labute approximate surface area is 98.4 Å². The number of amides is 1. The van der Waals surface area contributed by atoms with Gasteiger partial charge < -0.3 is 4.90 Å². The normalized spacial score (nSPS) is 25.9. The first-order valence-electron chi connectivity index (χ1n) is 6.13. The SMILES string of the molecule is CC(C)C(=O)N1CCC[C@@](C#N)(C(C)C)C1. The number of carbonyl (C=O) groups excluding carboxylic acids is 1. The van der Waals surface area contributed by atoms with E-state index in [1.54, 1.807) is 0 Å². The molecule has 0 aromatic heterocycles. The third-order valence-corrected chi connectivity index (χ3v) is 3.66. The van der Waals surface area contributed by atoms with Crippen LogP contribution in [0.15, 0.2) is 0 Å². The minimum atomic E-state index is -0.331. The summed E-state index contributed by atoms with van der Waals surface area (Å²) in [5.74, 6) is 0.516. The van der Waals surface area contributed by atoms with E-state index in [0.717, 1.165) is 19.4 Å². The monoisotopic (exact) mass is 222 g/mol. The van der Waals surface area contributed by atoms with Crippen LogP contribution in [0.5, 0.6) is 0 Å². The molecule has 3 heteroatoms. The molecule has 0 saturated carbocycles. The second kappa shape index (κ2) is 4.86. The van der Waals surface area contributed by atoms with Crippen LogP contribution in [0.25, 0.3) is 0 Å². The average molecular weight is 222 g/mol. The number of nitrogens with zero attached hydrogens (tertiary/aromatic N) is 2. The Hall–Kier alpha value is -1.04. The smallest absolute Gasteiger partial charge is 0.225 e. The minimum Gasteiger partial charge on any atom is -0.341 e. The van der Waals surface area contributed by atoms with E-state index in [4.69, 9.17) is 0 Å². The van der Waals surface area contributed by atoms with Crippen molar-refractivity contribution in [3.8, 4) is 6.07 Å². The largest absolute Gasteiger partial charge is 0.341 e. The first-order chi connectivity index (χ1) is 7.43. The zero-order valence-electron chi connectivity index (χ0n) is 10.8. The van der Waals surface area contributed by atoms with Gasteiger partial charge in [-0.25, -0.2) is 0 Å². The molecule has 0 aromatic rings. The summed E-state index contributed by atoms with van der Waals surface area (Å²) >= 11 is 0. The van der Waals surface area contributed by atoms with E-state index in [1.807, 2.05) is 18.7 Å². The van der Waals surface area contributed by atoms with E-state index in [1.165, 1.54) is 0 Å². The Morgan fingerprint density at radius 1 is 1.38 bits per heavy atom. The van der Waals surface area contributed by atoms with E-state index >= 15 is 0 Å². The third kappa shape index (κ3) is 2.37. The standard InChI is InChI=1S/C13H22N2O/c1-10(2)12(16)15-7-5-6-13(8-14,9-15)11(3)4/h10-11H,5-7,9H2,1-4H3/t13-/m0/s1. The number of hydrogen-bond donors (Lipinski definition) is 0. The molecule has 1 rings (SSSR count). The van der Waals surface area contributed by atoms with Crippen molar-refractivity contribution in [1.29, 1.82) is 5.26 Å². The van der Waals surface area contributed by atoms with Gasteiger partial charge in [0.2, 0.25) is 5.91 Å². The molecule has 1 fully saturated rings. The Morgan fingerprint density at radius 3 is 2.44 bits per heavy atom. The van der Waals surface area contributed by atoms with Crippen molar-refractivity contribution in [2.75, 3.05) is 13.1 Å². The molecule has 1 amide bonds. The van der Waals surface area contributed by atoms with Crippen LogP contribution < -0.4 is 0 Å². The fourth-order valence-corrected chi connectivity index (χ4v) is 2.33. The van der Waals surface area contributed by atoms with Gasteiger partial charge in [0.15, 0.2) is 0 Å². The molecule has 90 valence electrons. The van der Waals surface area contributed by atoms with Gasteiger partial charge in [-0.2, -0.15) is 5.26 Å². The quantitative estimate of drug-likeness (QED) is 0.720. The lowest BCUT2D eigenvalue weighted by Gasteiger charge is -2.41. The van der Waals surface area contributed by atoms with E-state index in [-0.39, 0.29) is 17.2 Å². The highest BCUT2D eigenvalue weighted by Gasteiger charge is 2.40. The highest BCUT2D eigenvalue weighted by molar-refractivity contribution is 5.78. The van der Waals surface area contributed by atoms with Crippen LogP contribution in [0.2, 0.25) is 0 Å². The molecule has 0 aromatic carbocycles. The van der Waals surface area contributed by atoms with Crippen LogP contribution in [0.1, 0.15) is 40.5 Å². The number of hydrogen-bond acceptors (Lipinski definition) is 2. The fourth-order valence-electron chi connectivity index (χ4n) is 2.33. The summed E-state index contributed by atoms with van der Waals surface area (Å²) in [5, 5.41) is 9.36. The summed E-state index contributed by atoms with van der Waals surface area (Å²) in [7, 11) is 0. The molecule has 0 bridgehead atoms. The van der Waals surface area contributed by atoms with Crippen molar-refractivity contribution >= 4 is 5.91 Å². The molecule has 1 saturated heterocycles. The van der Waals surface area contributed by atoms with Crippen molar-refractivity contribution in [1.82, 2.24) is 4.90 Å². The van der Waals surface area contributed by atoms with Gasteiger partial charge in [-0.05, 0) is 18.8 Å². The number of carbonyl (C=O) groups is 1. The second-order valence-electron chi connectivity index (χ2n) is 5.44. The number of likely N-dealkylation sites (tertiary alicyclic amines) is 1. The second-order valence-corrected chi connectivity index (χ2v) is 5.44. The molecule has 16 heavy (non-hydrogen) atoms. The van der Waals surface area contributed by atoms with Crippen molar-refractivity contribution in [3.05, 3.63) is 0 Å². The number of nitriles is 1. The Kier molecular flexibility index (Phi) is 3.96. The lowest BCUT2D eigenvalue weighted by Crippen LogP contribution is -2.49. The Balaban J connectivity index is 2.81. The average Bonchev–Trinajstić information content (AvgIpc) is 2.27.